The zero-order valence-electron chi connectivity index (χ0n) is 14.3. The van der Waals surface area contributed by atoms with E-state index in [1.807, 2.05) is 0 Å². The van der Waals surface area contributed by atoms with Gasteiger partial charge in [-0.15, -0.1) is 0 Å². The van der Waals surface area contributed by atoms with Gasteiger partial charge < -0.3 is 24.6 Å². The molecule has 3 aliphatic heterocycles. The van der Waals surface area contributed by atoms with Crippen molar-refractivity contribution < 1.29 is 33.7 Å². The number of amides is 2. The predicted octanol–water partition coefficient (Wildman–Crippen LogP) is -0.663. The van der Waals surface area contributed by atoms with Gasteiger partial charge in [-0.3, -0.25) is 9.69 Å². The first-order chi connectivity index (χ1) is 12.3. The number of ether oxygens (including phenoxy) is 1. The molecule has 2 amide bonds. The Labute approximate surface area is 149 Å². The fourth-order valence-corrected chi connectivity index (χ4v) is 4.12. The van der Waals surface area contributed by atoms with E-state index in [0.29, 0.717) is 0 Å². The van der Waals surface area contributed by atoms with Crippen LogP contribution in [0.5, 0.6) is 0 Å². The van der Waals surface area contributed by atoms with Crippen LogP contribution in [0.2, 0.25) is 0 Å². The highest BCUT2D eigenvalue weighted by Gasteiger charge is 2.57. The Bertz CT molecular complexity index is 691. The standard InChI is InChI=1S/C17H21FN2O6/c1-3-4-26-17(25)19-7-9(18)5-11(19)10-6-12-13(8(2)21)15(22)20(12)14(10)16(23)24/h3,8-9,11-13,21H,1,4-7H2,2H3,(H,23,24)/p-1/t8-,9?,11+,12-,13-/m1/s1. The van der Waals surface area contributed by atoms with Crippen LogP contribution in [0.1, 0.15) is 19.8 Å². The molecular weight excluding hydrogens is 347 g/mol. The average Bonchev–Trinajstić information content (AvgIpc) is 3.10. The molecule has 3 aliphatic rings. The van der Waals surface area contributed by atoms with Crippen LogP contribution in [0.3, 0.4) is 0 Å². The first-order valence-corrected chi connectivity index (χ1v) is 8.41. The van der Waals surface area contributed by atoms with Crippen LogP contribution in [-0.2, 0) is 14.3 Å². The quantitative estimate of drug-likeness (QED) is 0.510. The number of aliphatic carboxylic acids is 1. The lowest BCUT2D eigenvalue weighted by molar-refractivity contribution is -0.301. The first kappa shape index (κ1) is 18.4. The molecule has 1 unspecified atom stereocenters. The monoisotopic (exact) mass is 367 g/mol. The van der Waals surface area contributed by atoms with Gasteiger partial charge in [-0.1, -0.05) is 12.7 Å². The highest BCUT2D eigenvalue weighted by atomic mass is 19.1. The minimum absolute atomic E-state index is 0.0528. The van der Waals surface area contributed by atoms with Gasteiger partial charge >= 0.3 is 6.09 Å². The van der Waals surface area contributed by atoms with Crippen molar-refractivity contribution in [3.05, 3.63) is 23.9 Å². The fraction of sp³-hybridized carbons (Fsp3) is 0.588. The summed E-state index contributed by atoms with van der Waals surface area (Å²) in [7, 11) is 0. The summed E-state index contributed by atoms with van der Waals surface area (Å²) in [4.78, 5) is 38.3. The fourth-order valence-electron chi connectivity index (χ4n) is 4.12. The molecule has 142 valence electrons. The molecule has 1 N–H and O–H groups in total. The van der Waals surface area contributed by atoms with Crippen molar-refractivity contribution in [3.63, 3.8) is 0 Å². The molecular formula is C17H20FN2O6-. The minimum Gasteiger partial charge on any atom is -0.543 e. The number of nitrogens with zero attached hydrogens (tertiary/aromatic N) is 2. The molecule has 2 fully saturated rings. The molecule has 26 heavy (non-hydrogen) atoms. The molecule has 0 bridgehead atoms. The molecule has 0 aromatic rings. The molecule has 9 heteroatoms. The van der Waals surface area contributed by atoms with Crippen LogP contribution in [0.15, 0.2) is 23.9 Å². The van der Waals surface area contributed by atoms with Crippen LogP contribution in [-0.4, -0.2) is 70.4 Å². The molecule has 0 saturated carbocycles. The Balaban J connectivity index is 1.91. The predicted molar refractivity (Wildman–Crippen MR) is 84.0 cm³/mol. The third-order valence-corrected chi connectivity index (χ3v) is 5.17. The van der Waals surface area contributed by atoms with Crippen molar-refractivity contribution in [2.45, 2.75) is 44.1 Å². The molecule has 8 nitrogen and oxygen atoms in total. The molecule has 0 radical (unpaired) electrons. The van der Waals surface area contributed by atoms with Crippen LogP contribution in [0.25, 0.3) is 0 Å². The summed E-state index contributed by atoms with van der Waals surface area (Å²) in [5.41, 5.74) is -0.0558. The van der Waals surface area contributed by atoms with Crippen LogP contribution in [0.4, 0.5) is 9.18 Å². The first-order valence-electron chi connectivity index (χ1n) is 8.41. The van der Waals surface area contributed by atoms with E-state index in [0.717, 1.165) is 9.80 Å². The van der Waals surface area contributed by atoms with Gasteiger partial charge in [-0.25, -0.2) is 9.18 Å². The van der Waals surface area contributed by atoms with Gasteiger partial charge in [0, 0.05) is 6.42 Å². The van der Waals surface area contributed by atoms with Gasteiger partial charge in [0.15, 0.2) is 0 Å². The maximum Gasteiger partial charge on any atom is 0.410 e. The van der Waals surface area contributed by atoms with E-state index in [1.54, 1.807) is 0 Å². The molecule has 0 spiro atoms. The number of aliphatic hydroxyl groups excluding tert-OH is 1. The van der Waals surface area contributed by atoms with Gasteiger partial charge in [0.1, 0.15) is 12.8 Å². The SMILES string of the molecule is C=CCOC(=O)N1CC(F)C[C@H]1C1=C(C(=O)[O-])N2C(=O)[C@H]([C@@H](C)O)[C@H]2C1. The van der Waals surface area contributed by atoms with E-state index in [2.05, 4.69) is 6.58 Å². The maximum atomic E-state index is 14.0. The van der Waals surface area contributed by atoms with Crippen molar-refractivity contribution >= 4 is 18.0 Å². The molecule has 0 aromatic carbocycles. The van der Waals surface area contributed by atoms with Gasteiger partial charge in [0.05, 0.1) is 42.3 Å². The van der Waals surface area contributed by atoms with E-state index in [4.69, 9.17) is 4.74 Å². The van der Waals surface area contributed by atoms with E-state index >= 15 is 0 Å². The molecule has 5 atom stereocenters. The average molecular weight is 367 g/mol. The second-order valence-corrected chi connectivity index (χ2v) is 6.77. The number of alkyl halides is 1. The Morgan fingerprint density at radius 2 is 2.23 bits per heavy atom. The number of carbonyl (C=O) groups excluding carboxylic acids is 3. The van der Waals surface area contributed by atoms with Crippen molar-refractivity contribution in [2.75, 3.05) is 13.2 Å². The summed E-state index contributed by atoms with van der Waals surface area (Å²) in [5, 5.41) is 21.4. The molecule has 2 saturated heterocycles. The second kappa shape index (κ2) is 6.71. The number of aliphatic hydroxyl groups is 1. The lowest BCUT2D eigenvalue weighted by Crippen LogP contribution is -2.62. The number of halogens is 1. The highest BCUT2D eigenvalue weighted by Crippen LogP contribution is 2.46. The van der Waals surface area contributed by atoms with Gasteiger partial charge in [-0.2, -0.15) is 0 Å². The summed E-state index contributed by atoms with van der Waals surface area (Å²) in [6.07, 6.45) is -1.60. The number of rotatable bonds is 5. The summed E-state index contributed by atoms with van der Waals surface area (Å²) in [6.45, 7) is 4.62. The Morgan fingerprint density at radius 3 is 2.81 bits per heavy atom. The van der Waals surface area contributed by atoms with E-state index in [1.165, 1.54) is 13.0 Å². The van der Waals surface area contributed by atoms with Crippen molar-refractivity contribution in [3.8, 4) is 0 Å². The maximum absolute atomic E-state index is 14.0. The molecule has 3 rings (SSSR count). The number of likely N-dealkylation sites (tertiary alicyclic amines) is 1. The molecule has 0 aliphatic carbocycles. The number of carboxylic acids is 1. The third-order valence-electron chi connectivity index (χ3n) is 5.17. The smallest absolute Gasteiger partial charge is 0.410 e. The van der Waals surface area contributed by atoms with Crippen LogP contribution >= 0.6 is 0 Å². The second-order valence-electron chi connectivity index (χ2n) is 6.77. The van der Waals surface area contributed by atoms with Gasteiger partial charge in [0.2, 0.25) is 5.91 Å². The number of fused-ring (bicyclic) bond motifs is 1. The molecule has 0 aromatic heterocycles. The number of hydrogen-bond acceptors (Lipinski definition) is 6. The van der Waals surface area contributed by atoms with Crippen LogP contribution < -0.4 is 5.11 Å². The van der Waals surface area contributed by atoms with E-state index < -0.39 is 48.2 Å². The zero-order chi connectivity index (χ0) is 19.2. The topological polar surface area (TPSA) is 110 Å². The summed E-state index contributed by atoms with van der Waals surface area (Å²) >= 11 is 0. The number of carbonyl (C=O) groups is 3. The van der Waals surface area contributed by atoms with Gasteiger partial charge in [-0.05, 0) is 18.9 Å². The van der Waals surface area contributed by atoms with E-state index in [9.17, 15) is 29.0 Å². The number of β-lactam (4-membered cyclic amide) rings is 1. The lowest BCUT2D eigenvalue weighted by Gasteiger charge is -2.45. The zero-order valence-corrected chi connectivity index (χ0v) is 14.3. The number of carboxylic acid groups (broad SMARTS) is 1. The normalized spacial score (nSPS) is 31.6. The number of hydrogen-bond donors (Lipinski definition) is 1. The van der Waals surface area contributed by atoms with Crippen molar-refractivity contribution in [1.82, 2.24) is 9.80 Å². The Hall–Kier alpha value is -2.42. The third kappa shape index (κ3) is 2.76. The van der Waals surface area contributed by atoms with Crippen molar-refractivity contribution in [2.24, 2.45) is 5.92 Å². The minimum atomic E-state index is -1.55. The van der Waals surface area contributed by atoms with Crippen LogP contribution in [0, 0.1) is 5.92 Å². The van der Waals surface area contributed by atoms with E-state index in [-0.39, 0.29) is 37.3 Å². The summed E-state index contributed by atoms with van der Waals surface area (Å²) in [5.74, 6) is -2.78. The lowest BCUT2D eigenvalue weighted by atomic mass is 9.82. The van der Waals surface area contributed by atoms with Gasteiger partial charge in [0.25, 0.3) is 0 Å². The largest absolute Gasteiger partial charge is 0.543 e. The summed E-state index contributed by atoms with van der Waals surface area (Å²) < 4.78 is 19.0. The highest BCUT2D eigenvalue weighted by molar-refractivity contribution is 5.99. The summed E-state index contributed by atoms with van der Waals surface area (Å²) in [6, 6.07) is -1.35. The molecule has 3 heterocycles. The van der Waals surface area contributed by atoms with Crippen molar-refractivity contribution in [1.29, 1.82) is 0 Å². The Morgan fingerprint density at radius 1 is 1.54 bits per heavy atom. The Kier molecular flexibility index (Phi) is 4.74.